The van der Waals surface area contributed by atoms with E-state index in [1.165, 1.54) is 5.56 Å². The predicted molar refractivity (Wildman–Crippen MR) is 94.9 cm³/mol. The Hall–Kier alpha value is -2.34. The van der Waals surface area contributed by atoms with Crippen molar-refractivity contribution in [1.82, 2.24) is 15.1 Å². The Kier molecular flexibility index (Phi) is 5.71. The topological polar surface area (TPSA) is 65.4 Å². The van der Waals surface area contributed by atoms with Crippen LogP contribution in [-0.4, -0.2) is 42.1 Å². The van der Waals surface area contributed by atoms with Gasteiger partial charge in [-0.25, -0.2) is 0 Å². The molecule has 0 unspecified atom stereocenters. The number of nitrogens with one attached hydrogen (secondary N) is 1. The third-order valence-electron chi connectivity index (χ3n) is 4.29. The number of carbonyl (C=O) groups excluding carboxylic acids is 1. The third kappa shape index (κ3) is 4.39. The molecule has 0 aliphatic carbocycles. The van der Waals surface area contributed by atoms with Gasteiger partial charge in [-0.05, 0) is 38.0 Å². The van der Waals surface area contributed by atoms with E-state index >= 15 is 0 Å². The number of rotatable bonds is 7. The molecular formula is C19H25N3O3. The number of ether oxygens (including phenoxy) is 2. The van der Waals surface area contributed by atoms with Gasteiger partial charge < -0.3 is 14.8 Å². The van der Waals surface area contributed by atoms with Gasteiger partial charge in [0.2, 0.25) is 0 Å². The molecule has 1 aromatic heterocycles. The number of hydrogen-bond acceptors (Lipinski definition) is 4. The van der Waals surface area contributed by atoms with E-state index in [9.17, 15) is 4.79 Å². The number of fused-ring (bicyclic) bond motifs is 1. The minimum absolute atomic E-state index is 0.101. The highest BCUT2D eigenvalue weighted by Crippen LogP contribution is 2.26. The highest BCUT2D eigenvalue weighted by atomic mass is 16.5. The van der Waals surface area contributed by atoms with E-state index in [2.05, 4.69) is 16.5 Å². The zero-order valence-electron chi connectivity index (χ0n) is 14.8. The van der Waals surface area contributed by atoms with Crippen LogP contribution >= 0.6 is 0 Å². The van der Waals surface area contributed by atoms with Gasteiger partial charge in [-0.2, -0.15) is 5.10 Å². The molecule has 0 radical (unpaired) electrons. The number of aromatic nitrogens is 2. The summed E-state index contributed by atoms with van der Waals surface area (Å²) in [5.74, 6) is 1.13. The van der Waals surface area contributed by atoms with E-state index in [4.69, 9.17) is 9.47 Å². The van der Waals surface area contributed by atoms with Gasteiger partial charge in [0.05, 0.1) is 25.5 Å². The highest BCUT2D eigenvalue weighted by Gasteiger charge is 2.21. The maximum atomic E-state index is 12.5. The van der Waals surface area contributed by atoms with Crippen LogP contribution in [0.1, 0.15) is 28.7 Å². The monoisotopic (exact) mass is 343 g/mol. The molecule has 2 heterocycles. The van der Waals surface area contributed by atoms with Crippen LogP contribution in [0.3, 0.4) is 0 Å². The number of amides is 1. The molecule has 6 heteroatoms. The number of nitrogens with zero attached hydrogens (tertiary/aromatic N) is 2. The maximum absolute atomic E-state index is 12.5. The number of benzene rings is 1. The van der Waals surface area contributed by atoms with E-state index in [0.717, 1.165) is 17.9 Å². The van der Waals surface area contributed by atoms with Gasteiger partial charge in [0.1, 0.15) is 11.4 Å². The van der Waals surface area contributed by atoms with Crippen molar-refractivity contribution in [1.29, 1.82) is 0 Å². The first kappa shape index (κ1) is 17.5. The smallest absolute Gasteiger partial charge is 0.269 e. The number of hydrogen-bond donors (Lipinski definition) is 1. The SMILES string of the molecule is CCOCCn1nc(C)cc1C(=O)NC[C@H]1COc2ccccc2C1. The Morgan fingerprint density at radius 1 is 1.44 bits per heavy atom. The second-order valence-corrected chi connectivity index (χ2v) is 6.29. The third-order valence-corrected chi connectivity index (χ3v) is 4.29. The summed E-state index contributed by atoms with van der Waals surface area (Å²) in [5.41, 5.74) is 2.61. The second-order valence-electron chi connectivity index (χ2n) is 6.29. The molecule has 1 aliphatic heterocycles. The summed E-state index contributed by atoms with van der Waals surface area (Å²) in [6.07, 6.45) is 0.916. The van der Waals surface area contributed by atoms with Gasteiger partial charge in [0.15, 0.2) is 0 Å². The Morgan fingerprint density at radius 3 is 3.12 bits per heavy atom. The Labute approximate surface area is 148 Å². The molecule has 3 rings (SSSR count). The molecule has 1 aliphatic rings. The van der Waals surface area contributed by atoms with Gasteiger partial charge in [-0.15, -0.1) is 0 Å². The van der Waals surface area contributed by atoms with Crippen molar-refractivity contribution in [3.8, 4) is 5.75 Å². The number of carbonyl (C=O) groups is 1. The zero-order chi connectivity index (χ0) is 17.6. The normalized spacial score (nSPS) is 16.2. The predicted octanol–water partition coefficient (Wildman–Crippen LogP) is 2.21. The van der Waals surface area contributed by atoms with Crippen LogP contribution in [0.5, 0.6) is 5.75 Å². The summed E-state index contributed by atoms with van der Waals surface area (Å²) in [4.78, 5) is 12.5. The average molecular weight is 343 g/mol. The molecule has 0 saturated heterocycles. The van der Waals surface area contributed by atoms with Crippen molar-refractivity contribution in [2.24, 2.45) is 5.92 Å². The van der Waals surface area contributed by atoms with Gasteiger partial charge in [-0.3, -0.25) is 9.48 Å². The van der Waals surface area contributed by atoms with Crippen molar-refractivity contribution in [3.05, 3.63) is 47.3 Å². The minimum atomic E-state index is -0.101. The fraction of sp³-hybridized carbons (Fsp3) is 0.474. The lowest BCUT2D eigenvalue weighted by molar-refractivity contribution is 0.0921. The van der Waals surface area contributed by atoms with Gasteiger partial charge in [0, 0.05) is 19.1 Å². The van der Waals surface area contributed by atoms with Crippen LogP contribution in [0.4, 0.5) is 0 Å². The molecule has 0 spiro atoms. The molecule has 1 atom stereocenters. The molecule has 0 fully saturated rings. The van der Waals surface area contributed by atoms with E-state index in [0.29, 0.717) is 38.6 Å². The summed E-state index contributed by atoms with van der Waals surface area (Å²) < 4.78 is 12.9. The largest absolute Gasteiger partial charge is 0.493 e. The van der Waals surface area contributed by atoms with E-state index in [-0.39, 0.29) is 11.8 Å². The summed E-state index contributed by atoms with van der Waals surface area (Å²) in [6.45, 7) is 6.83. The lowest BCUT2D eigenvalue weighted by atomic mass is 9.97. The molecule has 0 saturated carbocycles. The van der Waals surface area contributed by atoms with Crippen LogP contribution in [0.2, 0.25) is 0 Å². The van der Waals surface area contributed by atoms with Crippen molar-refractivity contribution in [2.45, 2.75) is 26.8 Å². The molecule has 6 nitrogen and oxygen atoms in total. The zero-order valence-corrected chi connectivity index (χ0v) is 14.8. The van der Waals surface area contributed by atoms with Gasteiger partial charge in [0.25, 0.3) is 5.91 Å². The molecule has 0 bridgehead atoms. The fourth-order valence-corrected chi connectivity index (χ4v) is 3.04. The quantitative estimate of drug-likeness (QED) is 0.783. The van der Waals surface area contributed by atoms with E-state index < -0.39 is 0 Å². The molecule has 1 aromatic carbocycles. The molecule has 134 valence electrons. The Morgan fingerprint density at radius 2 is 2.28 bits per heavy atom. The first-order valence-corrected chi connectivity index (χ1v) is 8.78. The lowest BCUT2D eigenvalue weighted by Gasteiger charge is -2.25. The van der Waals surface area contributed by atoms with Crippen molar-refractivity contribution in [2.75, 3.05) is 26.4 Å². The summed E-state index contributed by atoms with van der Waals surface area (Å²) in [6, 6.07) is 9.88. The number of para-hydroxylation sites is 1. The van der Waals surface area contributed by atoms with Crippen molar-refractivity contribution in [3.63, 3.8) is 0 Å². The standard InChI is InChI=1S/C19H25N3O3/c1-3-24-9-8-22-17(10-14(2)21-22)19(23)20-12-15-11-16-6-4-5-7-18(16)25-13-15/h4-7,10,15H,3,8-9,11-13H2,1-2H3,(H,20,23)/t15-/m0/s1. The van der Waals surface area contributed by atoms with Crippen LogP contribution in [0, 0.1) is 12.8 Å². The van der Waals surface area contributed by atoms with E-state index in [1.807, 2.05) is 38.1 Å². The Balaban J connectivity index is 1.56. The van der Waals surface area contributed by atoms with Crippen LogP contribution in [-0.2, 0) is 17.7 Å². The minimum Gasteiger partial charge on any atom is -0.493 e. The summed E-state index contributed by atoms with van der Waals surface area (Å²) in [7, 11) is 0. The average Bonchev–Trinajstić information content (AvgIpc) is 3.00. The lowest BCUT2D eigenvalue weighted by Crippen LogP contribution is -2.35. The first-order valence-electron chi connectivity index (χ1n) is 8.78. The molecular weight excluding hydrogens is 318 g/mol. The first-order chi connectivity index (χ1) is 12.2. The highest BCUT2D eigenvalue weighted by molar-refractivity contribution is 5.92. The summed E-state index contributed by atoms with van der Waals surface area (Å²) in [5, 5.41) is 7.40. The second kappa shape index (κ2) is 8.16. The van der Waals surface area contributed by atoms with Gasteiger partial charge >= 0.3 is 0 Å². The number of aryl methyl sites for hydroxylation is 1. The molecule has 1 amide bonds. The van der Waals surface area contributed by atoms with Crippen LogP contribution in [0.25, 0.3) is 0 Å². The van der Waals surface area contributed by atoms with Crippen LogP contribution in [0.15, 0.2) is 30.3 Å². The van der Waals surface area contributed by atoms with Crippen LogP contribution < -0.4 is 10.1 Å². The van der Waals surface area contributed by atoms with Crippen molar-refractivity contribution >= 4 is 5.91 Å². The Bertz CT molecular complexity index is 726. The molecule has 2 aromatic rings. The summed E-state index contributed by atoms with van der Waals surface area (Å²) >= 11 is 0. The van der Waals surface area contributed by atoms with Crippen molar-refractivity contribution < 1.29 is 14.3 Å². The van der Waals surface area contributed by atoms with Gasteiger partial charge in [-0.1, -0.05) is 18.2 Å². The molecule has 25 heavy (non-hydrogen) atoms. The fourth-order valence-electron chi connectivity index (χ4n) is 3.04. The maximum Gasteiger partial charge on any atom is 0.269 e. The molecule has 1 N–H and O–H groups in total. The van der Waals surface area contributed by atoms with E-state index in [1.54, 1.807) is 4.68 Å².